The molecule has 0 bridgehead atoms. The summed E-state index contributed by atoms with van der Waals surface area (Å²) in [5.41, 5.74) is 0.464. The highest BCUT2D eigenvalue weighted by molar-refractivity contribution is 7.89. The van der Waals surface area contributed by atoms with Gasteiger partial charge in [-0.15, -0.1) is 0 Å². The number of sulfonamides is 1. The molecule has 21 heavy (non-hydrogen) atoms. The molecule has 1 atom stereocenters. The largest absolute Gasteiger partial charge is 0.395 e. The molecule has 1 heterocycles. The van der Waals surface area contributed by atoms with E-state index in [2.05, 4.69) is 16.8 Å². The number of pyridine rings is 1. The normalized spacial score (nSPS) is 12.3. The molecule has 0 saturated carbocycles. The van der Waals surface area contributed by atoms with Crippen molar-refractivity contribution in [2.24, 2.45) is 0 Å². The molecule has 1 N–H and O–H groups in total. The Balaban J connectivity index is 3.08. The van der Waals surface area contributed by atoms with Gasteiger partial charge in [0.1, 0.15) is 4.90 Å². The van der Waals surface area contributed by atoms with E-state index in [0.29, 0.717) is 12.0 Å². The summed E-state index contributed by atoms with van der Waals surface area (Å²) in [6.07, 6.45) is 3.14. The average molecular weight is 307 g/mol. The van der Waals surface area contributed by atoms with E-state index >= 15 is 0 Å². The Morgan fingerprint density at radius 1 is 1.48 bits per heavy atom. The van der Waals surface area contributed by atoms with E-state index in [9.17, 15) is 8.42 Å². The molecule has 0 aliphatic carbocycles. The molecule has 1 rings (SSSR count). The summed E-state index contributed by atoms with van der Waals surface area (Å²) in [6, 6.07) is 2.96. The molecule has 0 aliphatic rings. The van der Waals surface area contributed by atoms with Crippen molar-refractivity contribution < 1.29 is 13.5 Å². The van der Waals surface area contributed by atoms with Crippen LogP contribution in [-0.2, 0) is 10.0 Å². The molecule has 112 valence electrons. The lowest BCUT2D eigenvalue weighted by atomic mass is 10.3. The number of aliphatic hydroxyl groups excluding tert-OH is 1. The molecule has 0 fully saturated rings. The van der Waals surface area contributed by atoms with Gasteiger partial charge in [0.05, 0.1) is 19.1 Å². The van der Waals surface area contributed by atoms with Crippen LogP contribution in [0.3, 0.4) is 0 Å². The van der Waals surface area contributed by atoms with Crippen LogP contribution in [0.2, 0.25) is 0 Å². The number of hydrogen-bond acceptors (Lipinski definition) is 5. The summed E-state index contributed by atoms with van der Waals surface area (Å²) in [4.78, 5) is 3.91. The van der Waals surface area contributed by atoms with Crippen LogP contribution in [0.1, 0.15) is 25.3 Å². The molecule has 0 aliphatic heterocycles. The summed E-state index contributed by atoms with van der Waals surface area (Å²) in [6.45, 7) is 1.62. The lowest BCUT2D eigenvalue weighted by Crippen LogP contribution is -2.34. The first-order valence-electron chi connectivity index (χ1n) is 6.33. The van der Waals surface area contributed by atoms with E-state index in [0.717, 1.165) is 4.31 Å². The van der Waals surface area contributed by atoms with Gasteiger partial charge in [0, 0.05) is 37.5 Å². The number of aliphatic hydroxyl groups is 1. The molecule has 1 aromatic rings. The van der Waals surface area contributed by atoms with Crippen LogP contribution < -0.4 is 0 Å². The van der Waals surface area contributed by atoms with Crippen LogP contribution in [0.4, 0.5) is 0 Å². The predicted molar refractivity (Wildman–Crippen MR) is 77.5 cm³/mol. The fraction of sp³-hybridized carbons (Fsp3) is 0.429. The highest BCUT2D eigenvalue weighted by Crippen LogP contribution is 2.17. The first-order valence-corrected chi connectivity index (χ1v) is 7.77. The Hall–Kier alpha value is -1.93. The third-order valence-corrected chi connectivity index (χ3v) is 4.80. The summed E-state index contributed by atoms with van der Waals surface area (Å²) >= 11 is 0. The predicted octanol–water partition coefficient (Wildman–Crippen LogP) is 0.738. The van der Waals surface area contributed by atoms with Crippen molar-refractivity contribution in [2.45, 2.75) is 30.7 Å². The maximum atomic E-state index is 12.4. The highest BCUT2D eigenvalue weighted by Gasteiger charge is 2.25. The Morgan fingerprint density at radius 3 is 2.81 bits per heavy atom. The molecule has 0 amide bonds. The van der Waals surface area contributed by atoms with Crippen molar-refractivity contribution in [3.8, 4) is 17.9 Å². The van der Waals surface area contributed by atoms with Crippen molar-refractivity contribution in [3.63, 3.8) is 0 Å². The average Bonchev–Trinajstić information content (AvgIpc) is 2.47. The molecule has 0 spiro atoms. The molecule has 1 unspecified atom stereocenters. The van der Waals surface area contributed by atoms with Crippen LogP contribution in [-0.4, -0.2) is 42.5 Å². The van der Waals surface area contributed by atoms with Gasteiger partial charge in [-0.25, -0.2) is 8.42 Å². The fourth-order valence-electron chi connectivity index (χ4n) is 1.51. The number of nitriles is 1. The van der Waals surface area contributed by atoms with Gasteiger partial charge >= 0.3 is 0 Å². The monoisotopic (exact) mass is 307 g/mol. The van der Waals surface area contributed by atoms with Crippen molar-refractivity contribution in [3.05, 3.63) is 24.0 Å². The van der Waals surface area contributed by atoms with E-state index in [4.69, 9.17) is 10.4 Å². The van der Waals surface area contributed by atoms with Crippen LogP contribution in [0.5, 0.6) is 0 Å². The molecular weight excluding hydrogens is 290 g/mol. The van der Waals surface area contributed by atoms with E-state index in [1.807, 2.05) is 6.07 Å². The minimum Gasteiger partial charge on any atom is -0.395 e. The minimum absolute atomic E-state index is 0.0330. The second-order valence-electron chi connectivity index (χ2n) is 4.42. The first-order chi connectivity index (χ1) is 9.93. The molecule has 0 radical (unpaired) electrons. The van der Waals surface area contributed by atoms with Gasteiger partial charge in [-0.2, -0.15) is 9.57 Å². The van der Waals surface area contributed by atoms with Crippen molar-refractivity contribution >= 4 is 10.0 Å². The van der Waals surface area contributed by atoms with Crippen LogP contribution >= 0.6 is 0 Å². The Kier molecular flexibility index (Phi) is 6.32. The number of rotatable bonds is 5. The Labute approximate surface area is 125 Å². The maximum Gasteiger partial charge on any atom is 0.244 e. The number of hydrogen-bond donors (Lipinski definition) is 1. The topological polar surface area (TPSA) is 94.3 Å². The van der Waals surface area contributed by atoms with E-state index in [1.165, 1.54) is 25.5 Å². The third-order valence-electron chi connectivity index (χ3n) is 2.87. The van der Waals surface area contributed by atoms with Gasteiger partial charge in [-0.3, -0.25) is 4.98 Å². The van der Waals surface area contributed by atoms with Crippen molar-refractivity contribution in [2.75, 3.05) is 13.7 Å². The molecule has 7 heteroatoms. The van der Waals surface area contributed by atoms with Crippen LogP contribution in [0.25, 0.3) is 0 Å². The smallest absolute Gasteiger partial charge is 0.244 e. The molecular formula is C14H17N3O3S. The fourth-order valence-corrected chi connectivity index (χ4v) is 2.86. The maximum absolute atomic E-state index is 12.4. The summed E-state index contributed by atoms with van der Waals surface area (Å²) in [5.74, 6) is 5.45. The third kappa shape index (κ3) is 4.54. The number of aromatic nitrogens is 1. The van der Waals surface area contributed by atoms with Gasteiger partial charge < -0.3 is 5.11 Å². The van der Waals surface area contributed by atoms with E-state index in [1.54, 1.807) is 6.92 Å². The first kappa shape index (κ1) is 17.1. The molecule has 0 saturated heterocycles. The van der Waals surface area contributed by atoms with Gasteiger partial charge in [-0.1, -0.05) is 11.8 Å². The zero-order valence-corrected chi connectivity index (χ0v) is 12.8. The standard InChI is InChI=1S/C14H17N3O3S/c1-12(6-7-15)17(2)21(19,20)14-9-13(10-16-11-14)5-3-4-8-18/h9-12,18H,4,6,8H2,1-2H3. The van der Waals surface area contributed by atoms with Crippen molar-refractivity contribution in [1.29, 1.82) is 5.26 Å². The summed E-state index contributed by atoms with van der Waals surface area (Å²) in [5, 5.41) is 17.3. The zero-order chi connectivity index (χ0) is 15.9. The summed E-state index contributed by atoms with van der Waals surface area (Å²) in [7, 11) is -2.28. The molecule has 0 aromatic carbocycles. The van der Waals surface area contributed by atoms with Crippen LogP contribution in [0.15, 0.2) is 23.4 Å². The van der Waals surface area contributed by atoms with Crippen LogP contribution in [0, 0.1) is 23.2 Å². The quantitative estimate of drug-likeness (QED) is 0.810. The zero-order valence-electron chi connectivity index (χ0n) is 11.9. The van der Waals surface area contributed by atoms with E-state index in [-0.39, 0.29) is 17.9 Å². The minimum atomic E-state index is -3.71. The SMILES string of the molecule is CC(CC#N)N(C)S(=O)(=O)c1cncc(C#CCCO)c1. The van der Waals surface area contributed by atoms with Crippen molar-refractivity contribution in [1.82, 2.24) is 9.29 Å². The van der Waals surface area contributed by atoms with Gasteiger partial charge in [0.15, 0.2) is 0 Å². The number of nitrogens with zero attached hydrogens (tertiary/aromatic N) is 3. The Bertz CT molecular complexity index is 683. The molecule has 1 aromatic heterocycles. The van der Waals surface area contributed by atoms with Gasteiger partial charge in [0.25, 0.3) is 0 Å². The Morgan fingerprint density at radius 2 is 2.19 bits per heavy atom. The highest BCUT2D eigenvalue weighted by atomic mass is 32.2. The molecule has 6 nitrogen and oxygen atoms in total. The van der Waals surface area contributed by atoms with Gasteiger partial charge in [-0.05, 0) is 13.0 Å². The summed E-state index contributed by atoms with van der Waals surface area (Å²) < 4.78 is 26.0. The van der Waals surface area contributed by atoms with Gasteiger partial charge in [0.2, 0.25) is 10.0 Å². The lowest BCUT2D eigenvalue weighted by molar-refractivity contribution is 0.305. The second kappa shape index (κ2) is 7.75. The van der Waals surface area contributed by atoms with E-state index < -0.39 is 16.1 Å². The lowest BCUT2D eigenvalue weighted by Gasteiger charge is -2.22. The second-order valence-corrected chi connectivity index (χ2v) is 6.41.